The van der Waals surface area contributed by atoms with Gasteiger partial charge < -0.3 is 10.1 Å². The summed E-state index contributed by atoms with van der Waals surface area (Å²) in [5, 5.41) is 4.52. The third-order valence-corrected chi connectivity index (χ3v) is 4.88. The first-order valence-corrected chi connectivity index (χ1v) is 9.17. The molecule has 0 aliphatic carbocycles. The fourth-order valence-corrected chi connectivity index (χ4v) is 3.18. The van der Waals surface area contributed by atoms with Crippen molar-refractivity contribution in [3.8, 4) is 11.5 Å². The largest absolute Gasteiger partial charge is 0.457 e. The van der Waals surface area contributed by atoms with Crippen molar-refractivity contribution >= 4 is 38.9 Å². The van der Waals surface area contributed by atoms with Crippen LogP contribution in [0.2, 0.25) is 0 Å². The summed E-state index contributed by atoms with van der Waals surface area (Å²) in [6, 6.07) is 14.6. The number of carbonyl (C=O) groups is 1. The second-order valence-electron chi connectivity index (χ2n) is 5.36. The smallest absolute Gasteiger partial charge is 0.307 e. The normalized spacial score (nSPS) is 10.5. The summed E-state index contributed by atoms with van der Waals surface area (Å²) in [4.78, 5) is 23.6. The Kier molecular flexibility index (Phi) is 5.35. The average Bonchev–Trinajstić information content (AvgIpc) is 2.90. The predicted octanol–water partition coefficient (Wildman–Crippen LogP) is 4.41. The van der Waals surface area contributed by atoms with Gasteiger partial charge in [0.2, 0.25) is 5.91 Å². The number of carbonyl (C=O) groups excluding carboxylic acids is 1. The molecule has 0 aliphatic heterocycles. The van der Waals surface area contributed by atoms with Crippen LogP contribution in [-0.2, 0) is 11.3 Å². The molecule has 0 bridgehead atoms. The maximum Gasteiger partial charge on any atom is 0.307 e. The first kappa shape index (κ1) is 17.4. The van der Waals surface area contributed by atoms with Crippen LogP contribution in [0.3, 0.4) is 0 Å². The van der Waals surface area contributed by atoms with Crippen molar-refractivity contribution in [3.05, 3.63) is 73.7 Å². The molecule has 0 atom stereocenters. The zero-order chi connectivity index (χ0) is 17.8. The van der Waals surface area contributed by atoms with Gasteiger partial charge >= 0.3 is 4.87 Å². The van der Waals surface area contributed by atoms with Crippen LogP contribution < -0.4 is 14.9 Å². The SMILES string of the molecule is Cc1csc(=O)n1CC(=O)Nc1ccc(Oc2ccc(Br)cc2)cc1. The van der Waals surface area contributed by atoms with Gasteiger partial charge in [-0.1, -0.05) is 27.3 Å². The molecule has 7 heteroatoms. The summed E-state index contributed by atoms with van der Waals surface area (Å²) in [5.74, 6) is 1.16. The van der Waals surface area contributed by atoms with Crippen LogP contribution >= 0.6 is 27.3 Å². The van der Waals surface area contributed by atoms with Gasteiger partial charge in [0.15, 0.2) is 0 Å². The van der Waals surface area contributed by atoms with Gasteiger partial charge in [0.1, 0.15) is 18.0 Å². The summed E-state index contributed by atoms with van der Waals surface area (Å²) in [7, 11) is 0. The summed E-state index contributed by atoms with van der Waals surface area (Å²) in [6.07, 6.45) is 0. The molecular weight excluding hydrogens is 404 g/mol. The van der Waals surface area contributed by atoms with E-state index in [0.717, 1.165) is 27.3 Å². The number of rotatable bonds is 5. The lowest BCUT2D eigenvalue weighted by molar-refractivity contribution is -0.116. The van der Waals surface area contributed by atoms with Gasteiger partial charge in [-0.2, -0.15) is 0 Å². The van der Waals surface area contributed by atoms with Crippen LogP contribution in [0.25, 0.3) is 0 Å². The number of benzene rings is 2. The van der Waals surface area contributed by atoms with Crippen molar-refractivity contribution in [3.63, 3.8) is 0 Å². The highest BCUT2D eigenvalue weighted by atomic mass is 79.9. The van der Waals surface area contributed by atoms with E-state index in [1.165, 1.54) is 4.57 Å². The lowest BCUT2D eigenvalue weighted by Crippen LogP contribution is -2.25. The molecule has 3 aromatic rings. The van der Waals surface area contributed by atoms with Crippen LogP contribution in [0, 0.1) is 6.92 Å². The third kappa shape index (κ3) is 4.58. The lowest BCUT2D eigenvalue weighted by Gasteiger charge is -2.09. The molecule has 2 aromatic carbocycles. The van der Waals surface area contributed by atoms with Crippen LogP contribution in [0.4, 0.5) is 5.69 Å². The van der Waals surface area contributed by atoms with E-state index in [2.05, 4.69) is 21.2 Å². The number of thiazole rings is 1. The molecule has 1 aromatic heterocycles. The van der Waals surface area contributed by atoms with E-state index in [1.807, 2.05) is 24.3 Å². The summed E-state index contributed by atoms with van der Waals surface area (Å²) in [5.41, 5.74) is 1.43. The monoisotopic (exact) mass is 418 g/mol. The maximum atomic E-state index is 12.1. The molecule has 128 valence electrons. The van der Waals surface area contributed by atoms with Crippen LogP contribution in [-0.4, -0.2) is 10.5 Å². The van der Waals surface area contributed by atoms with Crippen LogP contribution in [0.5, 0.6) is 11.5 Å². The first-order valence-electron chi connectivity index (χ1n) is 7.49. The van der Waals surface area contributed by atoms with Crippen molar-refractivity contribution in [2.75, 3.05) is 5.32 Å². The van der Waals surface area contributed by atoms with Gasteiger partial charge in [-0.25, -0.2) is 0 Å². The number of ether oxygens (including phenoxy) is 1. The summed E-state index contributed by atoms with van der Waals surface area (Å²) < 4.78 is 8.17. The van der Waals surface area contributed by atoms with Crippen LogP contribution in [0.1, 0.15) is 5.69 Å². The van der Waals surface area contributed by atoms with E-state index in [4.69, 9.17) is 4.74 Å². The van der Waals surface area contributed by atoms with Gasteiger partial charge in [-0.05, 0) is 55.5 Å². The molecule has 1 N–H and O–H groups in total. The van der Waals surface area contributed by atoms with Gasteiger partial charge in [-0.15, -0.1) is 0 Å². The Morgan fingerprint density at radius 2 is 1.72 bits per heavy atom. The van der Waals surface area contributed by atoms with E-state index >= 15 is 0 Å². The molecule has 1 heterocycles. The molecule has 0 saturated carbocycles. The minimum Gasteiger partial charge on any atom is -0.457 e. The standard InChI is InChI=1S/C18H15BrN2O3S/c1-12-11-25-18(23)21(12)10-17(22)20-14-4-8-16(9-5-14)24-15-6-2-13(19)3-7-15/h2-9,11H,10H2,1H3,(H,20,22). The average molecular weight is 419 g/mol. The van der Waals surface area contributed by atoms with Gasteiger partial charge in [-0.3, -0.25) is 14.2 Å². The second kappa shape index (κ2) is 7.67. The first-order chi connectivity index (χ1) is 12.0. The highest BCUT2D eigenvalue weighted by molar-refractivity contribution is 9.10. The summed E-state index contributed by atoms with van der Waals surface area (Å²) in [6.45, 7) is 1.81. The number of halogens is 1. The second-order valence-corrected chi connectivity index (χ2v) is 7.09. The number of hydrogen-bond acceptors (Lipinski definition) is 4. The van der Waals surface area contributed by atoms with Gasteiger partial charge in [0.05, 0.1) is 0 Å². The molecule has 0 fully saturated rings. The van der Waals surface area contributed by atoms with Crippen LogP contribution in [0.15, 0.2) is 63.2 Å². The van der Waals surface area contributed by atoms with E-state index in [-0.39, 0.29) is 17.3 Å². The highest BCUT2D eigenvalue weighted by Crippen LogP contribution is 2.24. The van der Waals surface area contributed by atoms with E-state index in [0.29, 0.717) is 11.4 Å². The molecule has 0 spiro atoms. The Bertz CT molecular complexity index is 930. The maximum absolute atomic E-state index is 12.1. The Morgan fingerprint density at radius 3 is 2.28 bits per heavy atom. The molecule has 0 radical (unpaired) electrons. The number of amides is 1. The number of nitrogens with one attached hydrogen (secondary N) is 1. The fourth-order valence-electron chi connectivity index (χ4n) is 2.19. The molecule has 0 unspecified atom stereocenters. The van der Waals surface area contributed by atoms with E-state index in [1.54, 1.807) is 36.6 Å². The number of anilines is 1. The number of nitrogens with zero attached hydrogens (tertiary/aromatic N) is 1. The molecule has 5 nitrogen and oxygen atoms in total. The Hall–Kier alpha value is -2.38. The van der Waals surface area contributed by atoms with Crippen molar-refractivity contribution in [2.24, 2.45) is 0 Å². The zero-order valence-electron chi connectivity index (χ0n) is 13.4. The number of hydrogen-bond donors (Lipinski definition) is 1. The van der Waals surface area contributed by atoms with E-state index in [9.17, 15) is 9.59 Å². The molecule has 1 amide bonds. The van der Waals surface area contributed by atoms with Crippen molar-refractivity contribution < 1.29 is 9.53 Å². The highest BCUT2D eigenvalue weighted by Gasteiger charge is 2.09. The Morgan fingerprint density at radius 1 is 1.12 bits per heavy atom. The Balaban J connectivity index is 1.61. The fraction of sp³-hybridized carbons (Fsp3) is 0.111. The van der Waals surface area contributed by atoms with Gasteiger partial charge in [0, 0.05) is 21.2 Å². The predicted molar refractivity (Wildman–Crippen MR) is 103 cm³/mol. The molecule has 3 rings (SSSR count). The minimum absolute atomic E-state index is 0.00527. The number of aryl methyl sites for hydroxylation is 1. The lowest BCUT2D eigenvalue weighted by atomic mass is 10.3. The molecule has 25 heavy (non-hydrogen) atoms. The zero-order valence-corrected chi connectivity index (χ0v) is 15.8. The quantitative estimate of drug-likeness (QED) is 0.667. The number of aromatic nitrogens is 1. The van der Waals surface area contributed by atoms with E-state index < -0.39 is 0 Å². The molecule has 0 aliphatic rings. The van der Waals surface area contributed by atoms with Crippen molar-refractivity contribution in [2.45, 2.75) is 13.5 Å². The third-order valence-electron chi connectivity index (χ3n) is 3.47. The minimum atomic E-state index is -0.245. The van der Waals surface area contributed by atoms with Crippen molar-refractivity contribution in [1.29, 1.82) is 0 Å². The van der Waals surface area contributed by atoms with Gasteiger partial charge in [0.25, 0.3) is 0 Å². The Labute approximate surface area is 157 Å². The van der Waals surface area contributed by atoms with Crippen molar-refractivity contribution in [1.82, 2.24) is 4.57 Å². The molecule has 0 saturated heterocycles. The summed E-state index contributed by atoms with van der Waals surface area (Å²) >= 11 is 4.47. The topological polar surface area (TPSA) is 60.3 Å². The molecular formula is C18H15BrN2O3S.